The highest BCUT2D eigenvalue weighted by Crippen LogP contribution is 2.16. The van der Waals surface area contributed by atoms with Crippen molar-refractivity contribution in [2.75, 3.05) is 11.0 Å². The van der Waals surface area contributed by atoms with Crippen molar-refractivity contribution < 1.29 is 4.74 Å². The van der Waals surface area contributed by atoms with E-state index in [2.05, 4.69) is 27.6 Å². The Bertz CT molecular complexity index is 350. The monoisotopic (exact) mass is 321 g/mol. The lowest BCUT2D eigenvalue weighted by molar-refractivity contribution is 0.254. The third-order valence-corrected chi connectivity index (χ3v) is 3.21. The number of rotatable bonds is 2. The molecular formula is C10H9ClINO. The molecule has 0 saturated carbocycles. The molecule has 0 aliphatic carbocycles. The van der Waals surface area contributed by atoms with Gasteiger partial charge in [0, 0.05) is 15.0 Å². The number of halogens is 2. The van der Waals surface area contributed by atoms with E-state index in [1.807, 2.05) is 24.3 Å². The Labute approximate surface area is 101 Å². The van der Waals surface area contributed by atoms with Crippen molar-refractivity contribution in [3.63, 3.8) is 0 Å². The Morgan fingerprint density at radius 3 is 2.71 bits per heavy atom. The Kier molecular flexibility index (Phi) is 3.28. The first-order chi connectivity index (χ1) is 6.79. The van der Waals surface area contributed by atoms with Crippen LogP contribution in [0.15, 0.2) is 29.3 Å². The van der Waals surface area contributed by atoms with Gasteiger partial charge >= 0.3 is 0 Å². The minimum atomic E-state index is 0.237. The summed E-state index contributed by atoms with van der Waals surface area (Å²) in [6.07, 6.45) is 0.237. The molecule has 0 saturated heterocycles. The van der Waals surface area contributed by atoms with E-state index in [4.69, 9.17) is 16.3 Å². The largest absolute Gasteiger partial charge is 0.471 e. The number of ether oxygens (including phenoxy) is 1. The molecule has 2 rings (SSSR count). The average Bonchev–Trinajstić information content (AvgIpc) is 2.67. The molecule has 0 N–H and O–H groups in total. The lowest BCUT2D eigenvalue weighted by Crippen LogP contribution is -2.14. The molecule has 0 spiro atoms. The zero-order valence-corrected chi connectivity index (χ0v) is 10.3. The third-order valence-electron chi connectivity index (χ3n) is 1.98. The van der Waals surface area contributed by atoms with Gasteiger partial charge in [-0.1, -0.05) is 34.2 Å². The van der Waals surface area contributed by atoms with Crippen LogP contribution < -0.4 is 0 Å². The minimum absolute atomic E-state index is 0.237. The Balaban J connectivity index is 2.13. The number of benzene rings is 1. The van der Waals surface area contributed by atoms with Gasteiger partial charge in [-0.05, 0) is 24.3 Å². The molecule has 1 unspecified atom stereocenters. The van der Waals surface area contributed by atoms with Crippen LogP contribution in [0.5, 0.6) is 0 Å². The molecule has 1 atom stereocenters. The van der Waals surface area contributed by atoms with Crippen molar-refractivity contribution in [2.24, 2.45) is 4.99 Å². The highest BCUT2D eigenvalue weighted by molar-refractivity contribution is 14.1. The summed E-state index contributed by atoms with van der Waals surface area (Å²) in [5.41, 5.74) is 1.00. The highest BCUT2D eigenvalue weighted by Gasteiger charge is 2.19. The van der Waals surface area contributed by atoms with Gasteiger partial charge in [0.25, 0.3) is 0 Å². The number of nitrogens with zero attached hydrogens (tertiary/aromatic N) is 1. The van der Waals surface area contributed by atoms with Crippen LogP contribution in [-0.2, 0) is 4.74 Å². The zero-order valence-electron chi connectivity index (χ0n) is 7.41. The molecule has 14 heavy (non-hydrogen) atoms. The second-order valence-electron chi connectivity index (χ2n) is 3.05. The van der Waals surface area contributed by atoms with Gasteiger partial charge < -0.3 is 4.74 Å². The first kappa shape index (κ1) is 10.2. The van der Waals surface area contributed by atoms with E-state index in [1.165, 1.54) is 0 Å². The summed E-state index contributed by atoms with van der Waals surface area (Å²) < 4.78 is 6.61. The number of hydrogen-bond acceptors (Lipinski definition) is 2. The summed E-state index contributed by atoms with van der Waals surface area (Å²) in [6.45, 7) is 0.765. The van der Waals surface area contributed by atoms with Crippen LogP contribution in [0.2, 0.25) is 5.02 Å². The molecule has 1 aromatic rings. The smallest absolute Gasteiger partial charge is 0.216 e. The summed E-state index contributed by atoms with van der Waals surface area (Å²) in [4.78, 5) is 4.33. The highest BCUT2D eigenvalue weighted by atomic mass is 127. The number of alkyl halides is 1. The van der Waals surface area contributed by atoms with Crippen molar-refractivity contribution in [3.8, 4) is 0 Å². The lowest BCUT2D eigenvalue weighted by Gasteiger charge is -2.07. The van der Waals surface area contributed by atoms with Gasteiger partial charge in [-0.15, -0.1) is 0 Å². The van der Waals surface area contributed by atoms with E-state index in [-0.39, 0.29) is 6.10 Å². The van der Waals surface area contributed by atoms with Gasteiger partial charge in [-0.2, -0.15) is 0 Å². The van der Waals surface area contributed by atoms with Crippen LogP contribution in [0, 0.1) is 0 Å². The molecule has 0 amide bonds. The molecule has 1 aliphatic rings. The van der Waals surface area contributed by atoms with E-state index in [0.717, 1.165) is 27.5 Å². The first-order valence-corrected chi connectivity index (χ1v) is 6.23. The van der Waals surface area contributed by atoms with Gasteiger partial charge in [-0.25, -0.2) is 4.99 Å². The summed E-state index contributed by atoms with van der Waals surface area (Å²) >= 11 is 8.10. The molecule has 0 aromatic heterocycles. The van der Waals surface area contributed by atoms with Crippen molar-refractivity contribution in [2.45, 2.75) is 6.10 Å². The van der Waals surface area contributed by atoms with Gasteiger partial charge in [-0.3, -0.25) is 0 Å². The molecule has 1 aromatic carbocycles. The molecule has 4 heteroatoms. The molecular weight excluding hydrogens is 312 g/mol. The first-order valence-electron chi connectivity index (χ1n) is 4.32. The van der Waals surface area contributed by atoms with Crippen molar-refractivity contribution in [1.82, 2.24) is 0 Å². The van der Waals surface area contributed by atoms with Gasteiger partial charge in [0.2, 0.25) is 5.90 Å². The molecule has 1 aliphatic heterocycles. The van der Waals surface area contributed by atoms with Crippen molar-refractivity contribution in [3.05, 3.63) is 34.9 Å². The van der Waals surface area contributed by atoms with Crippen LogP contribution in [0.4, 0.5) is 0 Å². The van der Waals surface area contributed by atoms with Crippen LogP contribution in [-0.4, -0.2) is 23.0 Å². The SMILES string of the molecule is Clc1ccc(C2=NCC(CI)O2)cc1. The maximum Gasteiger partial charge on any atom is 0.216 e. The minimum Gasteiger partial charge on any atom is -0.471 e. The summed E-state index contributed by atoms with van der Waals surface area (Å²) in [7, 11) is 0. The third kappa shape index (κ3) is 2.20. The Hall–Kier alpha value is -0.290. The van der Waals surface area contributed by atoms with Crippen LogP contribution in [0.1, 0.15) is 5.56 Å². The zero-order chi connectivity index (χ0) is 9.97. The van der Waals surface area contributed by atoms with E-state index in [9.17, 15) is 0 Å². The predicted octanol–water partition coefficient (Wildman–Crippen LogP) is 2.92. The topological polar surface area (TPSA) is 21.6 Å². The molecule has 2 nitrogen and oxygen atoms in total. The average molecular weight is 322 g/mol. The van der Waals surface area contributed by atoms with Crippen LogP contribution in [0.25, 0.3) is 0 Å². The van der Waals surface area contributed by atoms with Crippen LogP contribution in [0.3, 0.4) is 0 Å². The predicted molar refractivity (Wildman–Crippen MR) is 66.6 cm³/mol. The molecule has 74 valence electrons. The lowest BCUT2D eigenvalue weighted by atomic mass is 10.2. The molecule has 0 fully saturated rings. The molecule has 0 bridgehead atoms. The fraction of sp³-hybridized carbons (Fsp3) is 0.300. The second kappa shape index (κ2) is 4.49. The normalized spacial score (nSPS) is 20.4. The number of aliphatic imine (C=N–C) groups is 1. The van der Waals surface area contributed by atoms with E-state index >= 15 is 0 Å². The fourth-order valence-electron chi connectivity index (χ4n) is 1.25. The van der Waals surface area contributed by atoms with Gasteiger partial charge in [0.1, 0.15) is 6.10 Å². The van der Waals surface area contributed by atoms with E-state index < -0.39 is 0 Å². The molecule has 1 heterocycles. The summed E-state index contributed by atoms with van der Waals surface area (Å²) in [5, 5.41) is 0.734. The second-order valence-corrected chi connectivity index (χ2v) is 4.36. The van der Waals surface area contributed by atoms with Crippen LogP contribution >= 0.6 is 34.2 Å². The fourth-order valence-corrected chi connectivity index (χ4v) is 1.83. The van der Waals surface area contributed by atoms with Crippen molar-refractivity contribution in [1.29, 1.82) is 0 Å². The maximum absolute atomic E-state index is 5.79. The quantitative estimate of drug-likeness (QED) is 0.606. The Morgan fingerprint density at radius 1 is 1.43 bits per heavy atom. The maximum atomic E-state index is 5.79. The van der Waals surface area contributed by atoms with E-state index in [0.29, 0.717) is 0 Å². The summed E-state index contributed by atoms with van der Waals surface area (Å²) in [5.74, 6) is 0.739. The standard InChI is InChI=1S/C10H9ClINO/c11-8-3-1-7(2-4-8)10-13-6-9(5-12)14-10/h1-4,9H,5-6H2. The molecule has 0 radical (unpaired) electrons. The number of hydrogen-bond donors (Lipinski definition) is 0. The van der Waals surface area contributed by atoms with E-state index in [1.54, 1.807) is 0 Å². The Morgan fingerprint density at radius 2 is 2.14 bits per heavy atom. The summed E-state index contributed by atoms with van der Waals surface area (Å²) in [6, 6.07) is 7.55. The van der Waals surface area contributed by atoms with Gasteiger partial charge in [0.05, 0.1) is 6.54 Å². The van der Waals surface area contributed by atoms with Crippen molar-refractivity contribution >= 4 is 40.1 Å². The van der Waals surface area contributed by atoms with Gasteiger partial charge in [0.15, 0.2) is 0 Å².